The number of carboxylic acid groups (broad SMARTS) is 1. The first-order valence-electron chi connectivity index (χ1n) is 6.78. The summed E-state index contributed by atoms with van der Waals surface area (Å²) >= 11 is 0. The number of amides is 1. The second-order valence-corrected chi connectivity index (χ2v) is 5.96. The van der Waals surface area contributed by atoms with Crippen LogP contribution in [-0.4, -0.2) is 40.1 Å². The van der Waals surface area contributed by atoms with Crippen LogP contribution in [-0.2, 0) is 4.79 Å². The second kappa shape index (κ2) is 5.26. The molecule has 0 saturated carbocycles. The minimum absolute atomic E-state index is 0.0547. The van der Waals surface area contributed by atoms with Gasteiger partial charge < -0.3 is 14.5 Å². The maximum Gasteiger partial charge on any atom is 0.309 e. The summed E-state index contributed by atoms with van der Waals surface area (Å²) < 4.78 is 4.99. The van der Waals surface area contributed by atoms with Gasteiger partial charge >= 0.3 is 5.97 Å². The van der Waals surface area contributed by atoms with Gasteiger partial charge in [0.15, 0.2) is 0 Å². The number of rotatable bonds is 3. The molecule has 1 saturated heterocycles. The monoisotopic (exact) mass is 280 g/mol. The van der Waals surface area contributed by atoms with Crippen molar-refractivity contribution in [1.29, 1.82) is 0 Å². The molecule has 0 aromatic carbocycles. The molecule has 6 nitrogen and oxygen atoms in total. The molecule has 1 aliphatic rings. The quantitative estimate of drug-likeness (QED) is 0.914. The van der Waals surface area contributed by atoms with Crippen molar-refractivity contribution in [2.75, 3.05) is 13.1 Å². The molecule has 0 bridgehead atoms. The summed E-state index contributed by atoms with van der Waals surface area (Å²) in [4.78, 5) is 25.4. The average Bonchev–Trinajstić information content (AvgIpc) is 2.84. The number of likely N-dealkylation sites (tertiary alicyclic amines) is 1. The van der Waals surface area contributed by atoms with Crippen molar-refractivity contribution < 1.29 is 19.2 Å². The molecule has 1 aliphatic heterocycles. The van der Waals surface area contributed by atoms with E-state index in [0.29, 0.717) is 18.7 Å². The van der Waals surface area contributed by atoms with Crippen LogP contribution in [0.2, 0.25) is 0 Å². The highest BCUT2D eigenvalue weighted by atomic mass is 16.5. The van der Waals surface area contributed by atoms with Gasteiger partial charge in [0.05, 0.1) is 11.6 Å². The normalized spacial score (nSPS) is 19.9. The zero-order chi connectivity index (χ0) is 14.9. The van der Waals surface area contributed by atoms with Crippen LogP contribution in [0.25, 0.3) is 0 Å². The Morgan fingerprint density at radius 3 is 2.75 bits per heavy atom. The van der Waals surface area contributed by atoms with Gasteiger partial charge in [-0.25, -0.2) is 0 Å². The summed E-state index contributed by atoms with van der Waals surface area (Å²) in [5.74, 6) is -0.835. The van der Waals surface area contributed by atoms with Crippen molar-refractivity contribution in [3.63, 3.8) is 0 Å². The van der Waals surface area contributed by atoms with Gasteiger partial charge in [-0.2, -0.15) is 0 Å². The number of piperidine rings is 1. The summed E-state index contributed by atoms with van der Waals surface area (Å²) in [5.41, 5.74) is -0.135. The first-order chi connectivity index (χ1) is 9.34. The number of nitrogens with zero attached hydrogens (tertiary/aromatic N) is 2. The molecule has 0 aliphatic carbocycles. The molecule has 6 heteroatoms. The fourth-order valence-electron chi connectivity index (χ4n) is 2.57. The lowest BCUT2D eigenvalue weighted by Gasteiger charge is -2.38. The van der Waals surface area contributed by atoms with E-state index in [4.69, 9.17) is 4.52 Å². The molecule has 2 rings (SSSR count). The summed E-state index contributed by atoms with van der Waals surface area (Å²) in [5, 5.41) is 12.9. The zero-order valence-electron chi connectivity index (χ0n) is 12.0. The van der Waals surface area contributed by atoms with E-state index >= 15 is 0 Å². The van der Waals surface area contributed by atoms with Crippen LogP contribution in [0.1, 0.15) is 42.8 Å². The summed E-state index contributed by atoms with van der Waals surface area (Å²) in [6.07, 6.45) is 3.13. The third kappa shape index (κ3) is 2.55. The molecule has 110 valence electrons. The third-order valence-electron chi connectivity index (χ3n) is 4.22. The van der Waals surface area contributed by atoms with E-state index in [0.717, 1.165) is 12.8 Å². The number of hydrogen-bond donors (Lipinski definition) is 1. The fourth-order valence-corrected chi connectivity index (χ4v) is 2.57. The number of aromatic nitrogens is 1. The van der Waals surface area contributed by atoms with Crippen molar-refractivity contribution in [1.82, 2.24) is 10.1 Å². The van der Waals surface area contributed by atoms with Crippen LogP contribution in [0.4, 0.5) is 0 Å². The van der Waals surface area contributed by atoms with Gasteiger partial charge in [-0.3, -0.25) is 9.59 Å². The minimum Gasteiger partial charge on any atom is -0.481 e. The largest absolute Gasteiger partial charge is 0.481 e. The number of carbonyl (C=O) groups is 2. The predicted octanol–water partition coefficient (Wildman–Crippen LogP) is 1.95. The van der Waals surface area contributed by atoms with E-state index in [9.17, 15) is 14.7 Å². The SMILES string of the molecule is Cc1cnoc1C(=O)N1CCCC(C(C)(C)C(=O)O)C1. The molecular weight excluding hydrogens is 260 g/mol. The molecule has 1 aromatic rings. The lowest BCUT2D eigenvalue weighted by atomic mass is 9.74. The maximum absolute atomic E-state index is 12.4. The first-order valence-corrected chi connectivity index (χ1v) is 6.78. The summed E-state index contributed by atoms with van der Waals surface area (Å²) in [6.45, 7) is 6.27. The second-order valence-electron chi connectivity index (χ2n) is 5.96. The standard InChI is InChI=1S/C14H20N2O4/c1-9-7-15-20-11(9)12(17)16-6-4-5-10(8-16)14(2,3)13(18)19/h7,10H,4-6,8H2,1-3H3,(H,18,19). The van der Waals surface area contributed by atoms with Crippen LogP contribution in [0.3, 0.4) is 0 Å². The van der Waals surface area contributed by atoms with Crippen LogP contribution in [0, 0.1) is 18.3 Å². The van der Waals surface area contributed by atoms with Gasteiger partial charge in [-0.05, 0) is 39.5 Å². The van der Waals surface area contributed by atoms with Crippen molar-refractivity contribution in [3.05, 3.63) is 17.5 Å². The molecule has 1 aromatic heterocycles. The lowest BCUT2D eigenvalue weighted by Crippen LogP contribution is -2.46. The molecule has 0 spiro atoms. The summed E-state index contributed by atoms with van der Waals surface area (Å²) in [7, 11) is 0. The number of aryl methyl sites for hydroxylation is 1. The van der Waals surface area contributed by atoms with E-state index in [1.807, 2.05) is 0 Å². The van der Waals surface area contributed by atoms with Gasteiger partial charge in [-0.1, -0.05) is 5.16 Å². The highest BCUT2D eigenvalue weighted by Crippen LogP contribution is 2.34. The van der Waals surface area contributed by atoms with Crippen LogP contribution < -0.4 is 0 Å². The lowest BCUT2D eigenvalue weighted by molar-refractivity contribution is -0.151. The Bertz CT molecular complexity index is 521. The highest BCUT2D eigenvalue weighted by molar-refractivity contribution is 5.92. The number of hydrogen-bond acceptors (Lipinski definition) is 4. The fraction of sp³-hybridized carbons (Fsp3) is 0.643. The van der Waals surface area contributed by atoms with E-state index < -0.39 is 11.4 Å². The van der Waals surface area contributed by atoms with E-state index in [2.05, 4.69) is 5.16 Å². The molecular formula is C14H20N2O4. The molecule has 1 unspecified atom stereocenters. The van der Waals surface area contributed by atoms with Crippen molar-refractivity contribution in [2.45, 2.75) is 33.6 Å². The zero-order valence-corrected chi connectivity index (χ0v) is 12.0. The van der Waals surface area contributed by atoms with Crippen molar-refractivity contribution >= 4 is 11.9 Å². The number of carboxylic acids is 1. The van der Waals surface area contributed by atoms with Crippen molar-refractivity contribution in [2.24, 2.45) is 11.3 Å². The van der Waals surface area contributed by atoms with E-state index in [-0.39, 0.29) is 17.6 Å². The highest BCUT2D eigenvalue weighted by Gasteiger charge is 2.40. The van der Waals surface area contributed by atoms with Gasteiger partial charge in [0.1, 0.15) is 0 Å². The third-order valence-corrected chi connectivity index (χ3v) is 4.22. The Morgan fingerprint density at radius 2 is 2.20 bits per heavy atom. The molecule has 1 amide bonds. The van der Waals surface area contributed by atoms with E-state index in [1.165, 1.54) is 6.20 Å². The molecule has 1 atom stereocenters. The topological polar surface area (TPSA) is 83.6 Å². The average molecular weight is 280 g/mol. The van der Waals surface area contributed by atoms with Gasteiger partial charge in [0.25, 0.3) is 5.91 Å². The Balaban J connectivity index is 2.13. The molecule has 0 radical (unpaired) electrons. The Labute approximate surface area is 117 Å². The predicted molar refractivity (Wildman–Crippen MR) is 71.3 cm³/mol. The Morgan fingerprint density at radius 1 is 1.50 bits per heavy atom. The van der Waals surface area contributed by atoms with Gasteiger partial charge in [0, 0.05) is 18.7 Å². The van der Waals surface area contributed by atoms with Gasteiger partial charge in [0.2, 0.25) is 5.76 Å². The summed E-state index contributed by atoms with van der Waals surface area (Å²) in [6, 6.07) is 0. The Kier molecular flexibility index (Phi) is 3.83. The first kappa shape index (κ1) is 14.6. The van der Waals surface area contributed by atoms with Crippen LogP contribution >= 0.6 is 0 Å². The van der Waals surface area contributed by atoms with Crippen molar-refractivity contribution in [3.8, 4) is 0 Å². The molecule has 1 N–H and O–H groups in total. The number of aliphatic carboxylic acids is 1. The molecule has 20 heavy (non-hydrogen) atoms. The van der Waals surface area contributed by atoms with Crippen LogP contribution in [0.15, 0.2) is 10.7 Å². The van der Waals surface area contributed by atoms with Gasteiger partial charge in [-0.15, -0.1) is 0 Å². The smallest absolute Gasteiger partial charge is 0.309 e. The Hall–Kier alpha value is -1.85. The molecule has 1 fully saturated rings. The van der Waals surface area contributed by atoms with E-state index in [1.54, 1.807) is 25.7 Å². The number of carbonyl (C=O) groups excluding carboxylic acids is 1. The molecule has 2 heterocycles. The van der Waals surface area contributed by atoms with Crippen LogP contribution in [0.5, 0.6) is 0 Å². The minimum atomic E-state index is -0.838. The maximum atomic E-state index is 12.4.